The molecule has 2 aromatic heterocycles. The standard InChI is InChI=1S/C28H34FN3O.CH2O2/c1-19(25-18-32-27(29)3-2-4-28(32)31-25)15-21-5-6-24(16-21)22-7-9-23(10-8-22)26(33)17-20-11-13-30-14-12-20;2-1-3/h2-4,7-10,18-21,24,30H,5-6,11-17H2,1H3;1H,(H,2,3)/t19-,21?,24-;/m0./s1. The Kier molecular flexibility index (Phi) is 8.86. The van der Waals surface area contributed by atoms with E-state index in [-0.39, 0.29) is 18.2 Å². The Balaban J connectivity index is 0.000000967. The van der Waals surface area contributed by atoms with E-state index in [1.54, 1.807) is 6.07 Å². The van der Waals surface area contributed by atoms with Gasteiger partial charge in [0.1, 0.15) is 5.65 Å². The number of rotatable bonds is 7. The molecule has 7 heteroatoms. The minimum atomic E-state index is -0.267. The number of imidazole rings is 1. The first-order chi connectivity index (χ1) is 17.5. The van der Waals surface area contributed by atoms with Crippen LogP contribution in [0, 0.1) is 17.8 Å². The molecule has 1 aromatic carbocycles. The van der Waals surface area contributed by atoms with Gasteiger partial charge in [0.05, 0.1) is 5.69 Å². The highest BCUT2D eigenvalue weighted by molar-refractivity contribution is 5.96. The summed E-state index contributed by atoms with van der Waals surface area (Å²) in [5.74, 6) is 2.08. The van der Waals surface area contributed by atoms with E-state index in [1.165, 1.54) is 35.3 Å². The van der Waals surface area contributed by atoms with Crippen molar-refractivity contribution in [2.24, 2.45) is 11.8 Å². The molecule has 6 nitrogen and oxygen atoms in total. The number of hydrogen-bond donors (Lipinski definition) is 2. The summed E-state index contributed by atoms with van der Waals surface area (Å²) in [6.45, 7) is 4.02. The SMILES string of the molecule is C[C@@H](CC1CC[C@H](c2ccc(C(=O)CC3CCNCC3)cc2)C1)c1cn2c(F)cccc2n1.O=CO. The summed E-state index contributed by atoms with van der Waals surface area (Å²) >= 11 is 0. The summed E-state index contributed by atoms with van der Waals surface area (Å²) in [6.07, 6.45) is 9.40. The number of halogens is 1. The van der Waals surface area contributed by atoms with Gasteiger partial charge in [-0.05, 0) is 87.1 Å². The van der Waals surface area contributed by atoms with Gasteiger partial charge in [-0.2, -0.15) is 4.39 Å². The zero-order chi connectivity index (χ0) is 25.5. The summed E-state index contributed by atoms with van der Waals surface area (Å²) in [5.41, 5.74) is 3.87. The fourth-order valence-electron chi connectivity index (χ4n) is 5.85. The van der Waals surface area contributed by atoms with Crippen LogP contribution >= 0.6 is 0 Å². The largest absolute Gasteiger partial charge is 0.483 e. The number of carboxylic acid groups (broad SMARTS) is 1. The molecule has 0 spiro atoms. The highest BCUT2D eigenvalue weighted by atomic mass is 19.1. The molecule has 0 bridgehead atoms. The summed E-state index contributed by atoms with van der Waals surface area (Å²) < 4.78 is 15.5. The maximum Gasteiger partial charge on any atom is 0.290 e. The molecule has 1 saturated carbocycles. The molecule has 2 fully saturated rings. The van der Waals surface area contributed by atoms with E-state index in [2.05, 4.69) is 29.4 Å². The third kappa shape index (κ3) is 6.38. The Bertz CT molecular complexity index is 1150. The van der Waals surface area contributed by atoms with Crippen molar-refractivity contribution in [1.82, 2.24) is 14.7 Å². The van der Waals surface area contributed by atoms with Crippen molar-refractivity contribution in [3.63, 3.8) is 0 Å². The minimum absolute atomic E-state index is 0.250. The first-order valence-electron chi connectivity index (χ1n) is 13.0. The topological polar surface area (TPSA) is 83.7 Å². The molecular weight excluding hydrogens is 457 g/mol. The lowest BCUT2D eigenvalue weighted by atomic mass is 9.88. The van der Waals surface area contributed by atoms with Crippen LogP contribution in [-0.4, -0.2) is 39.8 Å². The molecule has 2 aliphatic rings. The number of benzene rings is 1. The molecule has 2 N–H and O–H groups in total. The number of Topliss-reactive ketones (excluding diaryl/α,β-unsaturated/α-hetero) is 1. The van der Waals surface area contributed by atoms with Crippen LogP contribution in [-0.2, 0) is 4.79 Å². The first-order valence-corrected chi connectivity index (χ1v) is 13.0. The number of piperidine rings is 1. The van der Waals surface area contributed by atoms with Crippen molar-refractivity contribution in [3.05, 3.63) is 71.4 Å². The van der Waals surface area contributed by atoms with Crippen LogP contribution in [0.1, 0.15) is 85.3 Å². The monoisotopic (exact) mass is 493 g/mol. The number of hydrogen-bond acceptors (Lipinski definition) is 4. The van der Waals surface area contributed by atoms with Crippen LogP contribution in [0.3, 0.4) is 0 Å². The highest BCUT2D eigenvalue weighted by Crippen LogP contribution is 2.42. The van der Waals surface area contributed by atoms with E-state index in [0.29, 0.717) is 35.7 Å². The van der Waals surface area contributed by atoms with Gasteiger partial charge in [0, 0.05) is 24.1 Å². The summed E-state index contributed by atoms with van der Waals surface area (Å²) in [4.78, 5) is 25.7. The minimum Gasteiger partial charge on any atom is -0.483 e. The van der Waals surface area contributed by atoms with Crippen LogP contribution in [0.5, 0.6) is 0 Å². The lowest BCUT2D eigenvalue weighted by molar-refractivity contribution is -0.122. The summed E-state index contributed by atoms with van der Waals surface area (Å²) in [7, 11) is 0. The molecule has 5 rings (SSSR count). The second-order valence-electron chi connectivity index (χ2n) is 10.3. The number of carbonyl (C=O) groups is 2. The number of carbonyl (C=O) groups excluding carboxylic acids is 1. The Labute approximate surface area is 211 Å². The van der Waals surface area contributed by atoms with E-state index in [9.17, 15) is 9.18 Å². The third-order valence-electron chi connectivity index (χ3n) is 7.83. The van der Waals surface area contributed by atoms with Crippen molar-refractivity contribution in [2.45, 2.75) is 63.7 Å². The molecule has 1 aliphatic carbocycles. The van der Waals surface area contributed by atoms with Gasteiger partial charge in [-0.15, -0.1) is 0 Å². The molecule has 1 unspecified atom stereocenters. The molecule has 3 heterocycles. The zero-order valence-corrected chi connectivity index (χ0v) is 20.9. The smallest absolute Gasteiger partial charge is 0.290 e. The quantitative estimate of drug-likeness (QED) is 0.246. The third-order valence-corrected chi connectivity index (χ3v) is 7.83. The van der Waals surface area contributed by atoms with Crippen molar-refractivity contribution in [3.8, 4) is 0 Å². The fourth-order valence-corrected chi connectivity index (χ4v) is 5.85. The maximum absolute atomic E-state index is 14.0. The predicted molar refractivity (Wildman–Crippen MR) is 138 cm³/mol. The number of aromatic nitrogens is 2. The molecular formula is C29H36FN3O3. The normalized spacial score (nSPS) is 21.1. The molecule has 3 aromatic rings. The second-order valence-corrected chi connectivity index (χ2v) is 10.3. The maximum atomic E-state index is 14.0. The van der Waals surface area contributed by atoms with Gasteiger partial charge in [0.25, 0.3) is 6.47 Å². The van der Waals surface area contributed by atoms with Crippen molar-refractivity contribution < 1.29 is 19.1 Å². The highest BCUT2D eigenvalue weighted by Gasteiger charge is 2.28. The van der Waals surface area contributed by atoms with E-state index >= 15 is 0 Å². The number of nitrogens with one attached hydrogen (secondary N) is 1. The van der Waals surface area contributed by atoms with Crippen LogP contribution < -0.4 is 5.32 Å². The second kappa shape index (κ2) is 12.3. The average Bonchev–Trinajstić information content (AvgIpc) is 3.53. The number of ketones is 1. The van der Waals surface area contributed by atoms with Crippen molar-refractivity contribution in [1.29, 1.82) is 0 Å². The number of fused-ring (bicyclic) bond motifs is 1. The van der Waals surface area contributed by atoms with E-state index in [0.717, 1.165) is 43.6 Å². The van der Waals surface area contributed by atoms with Gasteiger partial charge in [-0.1, -0.05) is 37.3 Å². The number of pyridine rings is 1. The van der Waals surface area contributed by atoms with Gasteiger partial charge in [0.2, 0.25) is 0 Å². The van der Waals surface area contributed by atoms with Crippen molar-refractivity contribution in [2.75, 3.05) is 13.1 Å². The van der Waals surface area contributed by atoms with E-state index in [1.807, 2.05) is 24.4 Å². The van der Waals surface area contributed by atoms with E-state index in [4.69, 9.17) is 9.90 Å². The Morgan fingerprint density at radius 2 is 1.86 bits per heavy atom. The molecule has 0 amide bonds. The summed E-state index contributed by atoms with van der Waals surface area (Å²) in [6, 6.07) is 13.5. The van der Waals surface area contributed by atoms with Crippen LogP contribution in [0.2, 0.25) is 0 Å². The molecule has 3 atom stereocenters. The van der Waals surface area contributed by atoms with Gasteiger partial charge in [0.15, 0.2) is 11.7 Å². The van der Waals surface area contributed by atoms with E-state index < -0.39 is 0 Å². The van der Waals surface area contributed by atoms with Gasteiger partial charge in [-0.3, -0.25) is 14.0 Å². The van der Waals surface area contributed by atoms with Crippen LogP contribution in [0.4, 0.5) is 4.39 Å². The number of nitrogens with zero attached hydrogens (tertiary/aromatic N) is 2. The first kappa shape index (κ1) is 26.0. The van der Waals surface area contributed by atoms with Gasteiger partial charge in [-0.25, -0.2) is 4.98 Å². The average molecular weight is 494 g/mol. The van der Waals surface area contributed by atoms with Crippen molar-refractivity contribution >= 4 is 17.9 Å². The summed E-state index contributed by atoms with van der Waals surface area (Å²) in [5, 5.41) is 10.3. The molecule has 0 radical (unpaired) electrons. The fraction of sp³-hybridized carbons (Fsp3) is 0.483. The Morgan fingerprint density at radius 1 is 1.14 bits per heavy atom. The van der Waals surface area contributed by atoms with Crippen LogP contribution in [0.15, 0.2) is 48.7 Å². The molecule has 192 valence electrons. The molecule has 1 saturated heterocycles. The molecule has 36 heavy (non-hydrogen) atoms. The zero-order valence-electron chi connectivity index (χ0n) is 20.9. The van der Waals surface area contributed by atoms with Gasteiger partial charge < -0.3 is 10.4 Å². The van der Waals surface area contributed by atoms with Crippen LogP contribution in [0.25, 0.3) is 5.65 Å². The Morgan fingerprint density at radius 3 is 2.56 bits per heavy atom. The lowest BCUT2D eigenvalue weighted by Gasteiger charge is -2.21. The predicted octanol–water partition coefficient (Wildman–Crippen LogP) is 5.82. The molecule has 1 aliphatic heterocycles. The Hall–Kier alpha value is -3.06. The van der Waals surface area contributed by atoms with Gasteiger partial charge >= 0.3 is 0 Å². The lowest BCUT2D eigenvalue weighted by Crippen LogP contribution is -2.28.